The van der Waals surface area contributed by atoms with Gasteiger partial charge < -0.3 is 9.64 Å². The Morgan fingerprint density at radius 1 is 1.16 bits per heavy atom. The number of morpholine rings is 1. The van der Waals surface area contributed by atoms with Crippen molar-refractivity contribution in [3.05, 3.63) is 70.4 Å². The molecule has 0 radical (unpaired) electrons. The largest absolute Gasteiger partial charge is 0.416 e. The Hall–Kier alpha value is -3.29. The lowest BCUT2D eigenvalue weighted by Gasteiger charge is -2.34. The number of alkyl halides is 3. The maximum absolute atomic E-state index is 13.4. The highest BCUT2D eigenvalue weighted by molar-refractivity contribution is 7.98. The van der Waals surface area contributed by atoms with Crippen molar-refractivity contribution in [2.24, 2.45) is 0 Å². The van der Waals surface area contributed by atoms with E-state index in [0.29, 0.717) is 46.1 Å². The van der Waals surface area contributed by atoms with Crippen LogP contribution in [0.3, 0.4) is 0 Å². The molecule has 0 N–H and O–H groups in total. The number of rotatable bonds is 6. The third-order valence-electron chi connectivity index (χ3n) is 5.79. The van der Waals surface area contributed by atoms with Crippen LogP contribution >= 0.6 is 23.1 Å². The first-order valence-electron chi connectivity index (χ1n) is 11.7. The third kappa shape index (κ3) is 5.74. The van der Waals surface area contributed by atoms with Gasteiger partial charge in [0.05, 0.1) is 29.2 Å². The fourth-order valence-electron chi connectivity index (χ4n) is 4.21. The molecule has 0 spiro atoms. The average Bonchev–Trinajstić information content (AvgIpc) is 3.54. The van der Waals surface area contributed by atoms with Crippen LogP contribution in [0.2, 0.25) is 0 Å². The van der Waals surface area contributed by atoms with Gasteiger partial charge in [-0.05, 0) is 44.2 Å². The highest BCUT2D eigenvalue weighted by Gasteiger charge is 2.31. The Kier molecular flexibility index (Phi) is 7.50. The second-order valence-corrected chi connectivity index (χ2v) is 10.7. The number of ether oxygens (including phenoxy) is 1. The van der Waals surface area contributed by atoms with Crippen LogP contribution in [0.1, 0.15) is 34.9 Å². The van der Waals surface area contributed by atoms with Crippen LogP contribution in [-0.2, 0) is 16.7 Å². The van der Waals surface area contributed by atoms with E-state index in [-0.39, 0.29) is 23.8 Å². The number of pyridine rings is 1. The zero-order chi connectivity index (χ0) is 26.9. The quantitative estimate of drug-likeness (QED) is 0.294. The van der Waals surface area contributed by atoms with Crippen molar-refractivity contribution in [3.8, 4) is 17.1 Å². The smallest absolute Gasteiger partial charge is 0.372 e. The van der Waals surface area contributed by atoms with Crippen molar-refractivity contribution in [1.29, 1.82) is 0 Å². The van der Waals surface area contributed by atoms with Crippen LogP contribution in [0.4, 0.5) is 13.2 Å². The number of thioether (sulfide) groups is 1. The minimum atomic E-state index is -4.49. The molecule has 2 unspecified atom stereocenters. The number of hydrogen-bond donors (Lipinski definition) is 0. The van der Waals surface area contributed by atoms with Gasteiger partial charge in [0.2, 0.25) is 0 Å². The number of aromatic nitrogens is 5. The zero-order valence-corrected chi connectivity index (χ0v) is 22.1. The SMILES string of the molecule is CC1CN(C(=O)c2csc(CSc3nnc(-c4cccnc4)n3-c3cccc(C(F)(F)F)c3)n2)CC(C)O1. The number of nitrogens with zero attached hydrogens (tertiary/aromatic N) is 6. The monoisotopic (exact) mass is 560 g/mol. The van der Waals surface area contributed by atoms with E-state index in [4.69, 9.17) is 4.74 Å². The molecule has 1 amide bonds. The molecule has 1 aliphatic rings. The number of thiazole rings is 1. The summed E-state index contributed by atoms with van der Waals surface area (Å²) in [4.78, 5) is 23.3. The average molecular weight is 561 g/mol. The molecule has 8 nitrogen and oxygen atoms in total. The van der Waals surface area contributed by atoms with Crippen molar-refractivity contribution in [2.75, 3.05) is 13.1 Å². The Bertz CT molecular complexity index is 1420. The van der Waals surface area contributed by atoms with Gasteiger partial charge in [0.25, 0.3) is 5.91 Å². The Labute approximate surface area is 224 Å². The molecule has 1 fully saturated rings. The minimum Gasteiger partial charge on any atom is -0.372 e. The molecule has 5 rings (SSSR count). The van der Waals surface area contributed by atoms with E-state index < -0.39 is 11.7 Å². The second kappa shape index (κ2) is 10.8. The summed E-state index contributed by atoms with van der Waals surface area (Å²) in [5.41, 5.74) is 0.478. The van der Waals surface area contributed by atoms with Gasteiger partial charge in [-0.1, -0.05) is 17.8 Å². The summed E-state index contributed by atoms with van der Waals surface area (Å²) in [6.45, 7) is 4.86. The number of halogens is 3. The number of amides is 1. The van der Waals surface area contributed by atoms with Crippen molar-refractivity contribution in [2.45, 2.75) is 43.1 Å². The number of hydrogen-bond acceptors (Lipinski definition) is 8. The van der Waals surface area contributed by atoms with Crippen LogP contribution in [0.5, 0.6) is 0 Å². The predicted octanol–water partition coefficient (Wildman–Crippen LogP) is 5.35. The molecule has 0 aliphatic carbocycles. The minimum absolute atomic E-state index is 0.0485. The fourth-order valence-corrected chi connectivity index (χ4v) is 5.94. The summed E-state index contributed by atoms with van der Waals surface area (Å²) in [6, 6.07) is 8.50. The van der Waals surface area contributed by atoms with Crippen LogP contribution in [0, 0.1) is 0 Å². The summed E-state index contributed by atoms with van der Waals surface area (Å²) < 4.78 is 47.6. The van der Waals surface area contributed by atoms with E-state index >= 15 is 0 Å². The standard InChI is InChI=1S/C25H23F3N6O2S2/c1-15-11-33(12-16(2)36-15)23(35)20-13-37-21(30-20)14-38-24-32-31-22(17-5-4-8-29-10-17)34(24)19-7-3-6-18(9-19)25(26,27)28/h3-10,13,15-16H,11-12,14H2,1-2H3. The molecule has 1 saturated heterocycles. The molecular weight excluding hydrogens is 537 g/mol. The van der Waals surface area contributed by atoms with E-state index in [1.807, 2.05) is 13.8 Å². The van der Waals surface area contributed by atoms with E-state index in [2.05, 4.69) is 20.2 Å². The highest BCUT2D eigenvalue weighted by atomic mass is 32.2. The zero-order valence-electron chi connectivity index (χ0n) is 20.4. The lowest BCUT2D eigenvalue weighted by molar-refractivity contribution is -0.137. The summed E-state index contributed by atoms with van der Waals surface area (Å²) in [6.07, 6.45) is -1.41. The molecule has 0 bridgehead atoms. The van der Waals surface area contributed by atoms with Crippen molar-refractivity contribution in [3.63, 3.8) is 0 Å². The fraction of sp³-hybridized carbons (Fsp3) is 0.320. The molecule has 0 saturated carbocycles. The molecule has 38 heavy (non-hydrogen) atoms. The molecule has 4 heterocycles. The molecule has 2 atom stereocenters. The van der Waals surface area contributed by atoms with Crippen LogP contribution < -0.4 is 0 Å². The van der Waals surface area contributed by atoms with Crippen LogP contribution in [0.25, 0.3) is 17.1 Å². The Balaban J connectivity index is 1.40. The molecule has 4 aromatic rings. The van der Waals surface area contributed by atoms with Crippen molar-refractivity contribution < 1.29 is 22.7 Å². The molecule has 1 aromatic carbocycles. The van der Waals surface area contributed by atoms with E-state index in [1.54, 1.807) is 45.4 Å². The van der Waals surface area contributed by atoms with Gasteiger partial charge >= 0.3 is 6.18 Å². The number of benzene rings is 1. The van der Waals surface area contributed by atoms with Gasteiger partial charge in [0.1, 0.15) is 10.7 Å². The van der Waals surface area contributed by atoms with Gasteiger partial charge in [-0.25, -0.2) is 4.98 Å². The van der Waals surface area contributed by atoms with Gasteiger partial charge in [0.15, 0.2) is 11.0 Å². The third-order valence-corrected chi connectivity index (χ3v) is 7.76. The lowest BCUT2D eigenvalue weighted by Crippen LogP contribution is -2.48. The first-order chi connectivity index (χ1) is 18.2. The van der Waals surface area contributed by atoms with Gasteiger partial charge in [0, 0.05) is 36.4 Å². The Morgan fingerprint density at radius 3 is 2.66 bits per heavy atom. The molecular formula is C25H23F3N6O2S2. The number of carbonyl (C=O) groups excluding carboxylic acids is 1. The van der Waals surface area contributed by atoms with Gasteiger partial charge in [-0.2, -0.15) is 13.2 Å². The van der Waals surface area contributed by atoms with Gasteiger partial charge in [-0.15, -0.1) is 21.5 Å². The molecule has 3 aromatic heterocycles. The lowest BCUT2D eigenvalue weighted by atomic mass is 10.2. The molecule has 1 aliphatic heterocycles. The maximum atomic E-state index is 13.4. The molecule has 13 heteroatoms. The second-order valence-electron chi connectivity index (χ2n) is 8.81. The van der Waals surface area contributed by atoms with Crippen molar-refractivity contribution in [1.82, 2.24) is 29.6 Å². The first kappa shape index (κ1) is 26.3. The Morgan fingerprint density at radius 2 is 1.95 bits per heavy atom. The topological polar surface area (TPSA) is 86.0 Å². The van der Waals surface area contributed by atoms with Crippen LogP contribution in [-0.4, -0.2) is 60.8 Å². The van der Waals surface area contributed by atoms with Crippen LogP contribution in [0.15, 0.2) is 59.3 Å². The summed E-state index contributed by atoms with van der Waals surface area (Å²) in [7, 11) is 0. The summed E-state index contributed by atoms with van der Waals surface area (Å²) in [5.74, 6) is 0.578. The maximum Gasteiger partial charge on any atom is 0.416 e. The first-order valence-corrected chi connectivity index (χ1v) is 13.6. The molecule has 198 valence electrons. The summed E-state index contributed by atoms with van der Waals surface area (Å²) >= 11 is 2.62. The van der Waals surface area contributed by atoms with E-state index in [9.17, 15) is 18.0 Å². The van der Waals surface area contributed by atoms with Gasteiger partial charge in [-0.3, -0.25) is 14.3 Å². The normalized spacial score (nSPS) is 18.1. The van der Waals surface area contributed by atoms with Crippen molar-refractivity contribution >= 4 is 29.0 Å². The highest BCUT2D eigenvalue weighted by Crippen LogP contribution is 2.34. The van der Waals surface area contributed by atoms with E-state index in [0.717, 1.165) is 12.1 Å². The summed E-state index contributed by atoms with van der Waals surface area (Å²) in [5, 5.41) is 11.3. The van der Waals surface area contributed by atoms with E-state index in [1.165, 1.54) is 29.2 Å². The predicted molar refractivity (Wildman–Crippen MR) is 137 cm³/mol. The number of carbonyl (C=O) groups is 1.